The Morgan fingerprint density at radius 1 is 1.34 bits per heavy atom. The Bertz CT molecular complexity index is 1090. The molecule has 2 aliphatic rings. The number of anilines is 1. The van der Waals surface area contributed by atoms with Gasteiger partial charge in [-0.1, -0.05) is 6.92 Å². The van der Waals surface area contributed by atoms with Gasteiger partial charge in [-0.05, 0) is 46.0 Å². The molecule has 29 heavy (non-hydrogen) atoms. The SMILES string of the molecule is CCc1ncoc1C(=O)NC12CCCC1N(c1c(C)c(C)nc3ncnn13)CC2. The minimum atomic E-state index is -0.272. The number of rotatable bonds is 4. The van der Waals surface area contributed by atoms with E-state index in [0.29, 0.717) is 23.7 Å². The van der Waals surface area contributed by atoms with E-state index in [9.17, 15) is 4.79 Å². The highest BCUT2D eigenvalue weighted by molar-refractivity contribution is 5.93. The Kier molecular flexibility index (Phi) is 4.07. The number of aromatic nitrogens is 5. The standard InChI is InChI=1S/C20H25N7O2/c1-4-14-16(29-11-22-14)17(28)25-20-7-5-6-15(20)26(9-8-20)18-12(2)13(3)24-19-21-10-23-27(18)19/h10-11,15H,4-9H2,1-3H3,(H,25,28). The van der Waals surface area contributed by atoms with Crippen molar-refractivity contribution in [3.63, 3.8) is 0 Å². The van der Waals surface area contributed by atoms with Crippen LogP contribution in [0.4, 0.5) is 5.82 Å². The lowest BCUT2D eigenvalue weighted by Gasteiger charge is -2.34. The molecule has 0 spiro atoms. The molecular weight excluding hydrogens is 370 g/mol. The van der Waals surface area contributed by atoms with Crippen molar-refractivity contribution in [2.24, 2.45) is 0 Å². The summed E-state index contributed by atoms with van der Waals surface area (Å²) in [7, 11) is 0. The molecule has 1 saturated carbocycles. The molecule has 1 saturated heterocycles. The van der Waals surface area contributed by atoms with Gasteiger partial charge in [-0.2, -0.15) is 14.6 Å². The Morgan fingerprint density at radius 3 is 3.03 bits per heavy atom. The van der Waals surface area contributed by atoms with Crippen molar-refractivity contribution in [3.05, 3.63) is 35.4 Å². The number of carbonyl (C=O) groups excluding carboxylic acids is 1. The minimum Gasteiger partial charge on any atom is -0.438 e. The van der Waals surface area contributed by atoms with Crippen LogP contribution in [0.1, 0.15) is 60.1 Å². The van der Waals surface area contributed by atoms with E-state index in [0.717, 1.165) is 49.3 Å². The summed E-state index contributed by atoms with van der Waals surface area (Å²) in [4.78, 5) is 28.4. The molecule has 2 atom stereocenters. The Morgan fingerprint density at radius 2 is 2.21 bits per heavy atom. The predicted molar refractivity (Wildman–Crippen MR) is 106 cm³/mol. The van der Waals surface area contributed by atoms with E-state index in [1.54, 1.807) is 6.33 Å². The highest BCUT2D eigenvalue weighted by Gasteiger charge is 2.52. The van der Waals surface area contributed by atoms with Gasteiger partial charge in [0.05, 0.1) is 17.3 Å². The van der Waals surface area contributed by atoms with E-state index in [1.807, 2.05) is 18.4 Å². The van der Waals surface area contributed by atoms with Gasteiger partial charge in [0.15, 0.2) is 6.39 Å². The van der Waals surface area contributed by atoms with Crippen LogP contribution in [-0.2, 0) is 6.42 Å². The van der Waals surface area contributed by atoms with Gasteiger partial charge in [-0.15, -0.1) is 0 Å². The fourth-order valence-electron chi connectivity index (χ4n) is 5.08. The maximum absolute atomic E-state index is 13.0. The number of nitrogens with one attached hydrogen (secondary N) is 1. The summed E-state index contributed by atoms with van der Waals surface area (Å²) in [6.07, 6.45) is 7.50. The van der Waals surface area contributed by atoms with Crippen molar-refractivity contribution in [2.45, 2.75) is 64.5 Å². The average molecular weight is 395 g/mol. The van der Waals surface area contributed by atoms with Crippen molar-refractivity contribution in [1.82, 2.24) is 29.9 Å². The fourth-order valence-corrected chi connectivity index (χ4v) is 5.08. The van der Waals surface area contributed by atoms with E-state index in [1.165, 1.54) is 6.39 Å². The van der Waals surface area contributed by atoms with Crippen LogP contribution in [0.5, 0.6) is 0 Å². The van der Waals surface area contributed by atoms with Gasteiger partial charge < -0.3 is 14.6 Å². The predicted octanol–water partition coefficient (Wildman–Crippen LogP) is 2.22. The van der Waals surface area contributed by atoms with Gasteiger partial charge in [0.2, 0.25) is 5.76 Å². The van der Waals surface area contributed by atoms with E-state index in [2.05, 4.69) is 37.2 Å². The second kappa shape index (κ2) is 6.53. The molecule has 1 N–H and O–H groups in total. The first-order valence-corrected chi connectivity index (χ1v) is 10.2. The molecule has 4 heterocycles. The van der Waals surface area contributed by atoms with Crippen molar-refractivity contribution < 1.29 is 9.21 Å². The summed E-state index contributed by atoms with van der Waals surface area (Å²) in [5.74, 6) is 1.81. The zero-order valence-corrected chi connectivity index (χ0v) is 17.0. The molecule has 3 aromatic heterocycles. The molecule has 0 bridgehead atoms. The summed E-state index contributed by atoms with van der Waals surface area (Å²) in [6, 6.07) is 0.201. The lowest BCUT2D eigenvalue weighted by atomic mass is 9.92. The zero-order chi connectivity index (χ0) is 20.2. The number of nitrogens with zero attached hydrogens (tertiary/aromatic N) is 6. The summed E-state index contributed by atoms with van der Waals surface area (Å²) in [5, 5.41) is 7.75. The van der Waals surface area contributed by atoms with Crippen molar-refractivity contribution >= 4 is 17.5 Å². The van der Waals surface area contributed by atoms with Gasteiger partial charge in [-0.25, -0.2) is 9.97 Å². The van der Waals surface area contributed by atoms with E-state index in [4.69, 9.17) is 4.42 Å². The number of aryl methyl sites for hydroxylation is 2. The lowest BCUT2D eigenvalue weighted by molar-refractivity contribution is 0.0869. The van der Waals surface area contributed by atoms with E-state index in [-0.39, 0.29) is 17.5 Å². The molecule has 152 valence electrons. The molecular formula is C20H25N7O2. The van der Waals surface area contributed by atoms with Crippen molar-refractivity contribution in [2.75, 3.05) is 11.4 Å². The zero-order valence-electron chi connectivity index (χ0n) is 17.0. The summed E-state index contributed by atoms with van der Waals surface area (Å²) >= 11 is 0. The molecule has 5 rings (SSSR count). The van der Waals surface area contributed by atoms with E-state index >= 15 is 0 Å². The van der Waals surface area contributed by atoms with Crippen LogP contribution in [0.25, 0.3) is 5.78 Å². The van der Waals surface area contributed by atoms with Crippen LogP contribution in [0.3, 0.4) is 0 Å². The molecule has 1 aliphatic heterocycles. The quantitative estimate of drug-likeness (QED) is 0.723. The number of carbonyl (C=O) groups is 1. The van der Waals surface area contributed by atoms with Gasteiger partial charge in [-0.3, -0.25) is 4.79 Å². The minimum absolute atomic E-state index is 0.165. The van der Waals surface area contributed by atoms with Crippen molar-refractivity contribution in [1.29, 1.82) is 0 Å². The molecule has 2 unspecified atom stereocenters. The fraction of sp³-hybridized carbons (Fsp3) is 0.550. The summed E-state index contributed by atoms with van der Waals surface area (Å²) in [6.45, 7) is 6.90. The van der Waals surface area contributed by atoms with Crippen LogP contribution in [0.2, 0.25) is 0 Å². The van der Waals surface area contributed by atoms with E-state index < -0.39 is 0 Å². The monoisotopic (exact) mass is 395 g/mol. The Balaban J connectivity index is 1.50. The third kappa shape index (κ3) is 2.63. The molecule has 1 amide bonds. The molecule has 2 fully saturated rings. The Labute approximate surface area is 168 Å². The first-order chi connectivity index (χ1) is 14.0. The van der Waals surface area contributed by atoms with Crippen LogP contribution in [0, 0.1) is 13.8 Å². The smallest absolute Gasteiger partial charge is 0.289 e. The number of oxazole rings is 1. The maximum atomic E-state index is 13.0. The lowest BCUT2D eigenvalue weighted by Crippen LogP contribution is -2.54. The first kappa shape index (κ1) is 18.1. The second-order valence-electron chi connectivity index (χ2n) is 8.06. The van der Waals surface area contributed by atoms with Crippen LogP contribution in [-0.4, -0.2) is 48.6 Å². The molecule has 9 nitrogen and oxygen atoms in total. The van der Waals surface area contributed by atoms with Gasteiger partial charge in [0, 0.05) is 17.8 Å². The van der Waals surface area contributed by atoms with Crippen molar-refractivity contribution in [3.8, 4) is 0 Å². The van der Waals surface area contributed by atoms with Gasteiger partial charge in [0.1, 0.15) is 12.1 Å². The number of hydrogen-bond donors (Lipinski definition) is 1. The van der Waals surface area contributed by atoms with Crippen LogP contribution in [0.15, 0.2) is 17.1 Å². The summed E-state index contributed by atoms with van der Waals surface area (Å²) in [5.41, 5.74) is 2.48. The summed E-state index contributed by atoms with van der Waals surface area (Å²) < 4.78 is 7.22. The first-order valence-electron chi connectivity index (χ1n) is 10.2. The highest BCUT2D eigenvalue weighted by atomic mass is 16.3. The topological polar surface area (TPSA) is 101 Å². The Hall–Kier alpha value is -2.97. The molecule has 1 aliphatic carbocycles. The maximum Gasteiger partial charge on any atom is 0.289 e. The third-order valence-electron chi connectivity index (χ3n) is 6.61. The molecule has 9 heteroatoms. The second-order valence-corrected chi connectivity index (χ2v) is 8.06. The van der Waals surface area contributed by atoms with Crippen LogP contribution >= 0.6 is 0 Å². The molecule has 0 radical (unpaired) electrons. The molecule has 3 aromatic rings. The third-order valence-corrected chi connectivity index (χ3v) is 6.61. The number of hydrogen-bond acceptors (Lipinski definition) is 7. The average Bonchev–Trinajstić information content (AvgIpc) is 3.46. The van der Waals surface area contributed by atoms with Gasteiger partial charge in [0.25, 0.3) is 11.7 Å². The van der Waals surface area contributed by atoms with Crippen LogP contribution < -0.4 is 10.2 Å². The molecule has 0 aromatic carbocycles. The number of fused-ring (bicyclic) bond motifs is 2. The normalized spacial score (nSPS) is 23.7. The largest absolute Gasteiger partial charge is 0.438 e. The number of amides is 1. The van der Waals surface area contributed by atoms with Gasteiger partial charge >= 0.3 is 0 Å². The highest BCUT2D eigenvalue weighted by Crippen LogP contribution is 2.44.